The Bertz CT molecular complexity index is 2710. The van der Waals surface area contributed by atoms with Gasteiger partial charge in [-0.15, -0.1) is 0 Å². The van der Waals surface area contributed by atoms with E-state index in [0.29, 0.717) is 0 Å². The van der Waals surface area contributed by atoms with Crippen molar-refractivity contribution in [1.82, 2.24) is 0 Å². The zero-order chi connectivity index (χ0) is 41.2. The summed E-state index contributed by atoms with van der Waals surface area (Å²) in [4.78, 5) is 6.99. The summed E-state index contributed by atoms with van der Waals surface area (Å²) >= 11 is 0. The van der Waals surface area contributed by atoms with Gasteiger partial charge in [0.15, 0.2) is 0 Å². The molecule has 0 aliphatic heterocycles. The van der Waals surface area contributed by atoms with Crippen molar-refractivity contribution in [3.63, 3.8) is 0 Å². The van der Waals surface area contributed by atoms with Crippen molar-refractivity contribution < 1.29 is 0 Å². The third-order valence-electron chi connectivity index (χ3n) is 11.5. The van der Waals surface area contributed by atoms with E-state index in [4.69, 9.17) is 0 Å². The number of hydrogen-bond donors (Lipinski definition) is 0. The SMILES string of the molecule is Cc1ccc(N(c2ccc(-c3ccc(N(c4ccc(-c5ccc(N(C)c6ccc(C)cc6C)cc5)cc4)c4ccc(C)cc4C)cc3)cc2)c2ccc(C)cc2C)cc1. The van der Waals surface area contributed by atoms with Gasteiger partial charge >= 0.3 is 0 Å². The van der Waals surface area contributed by atoms with Gasteiger partial charge in [-0.05, 0) is 166 Å². The molecule has 0 atom stereocenters. The Hall–Kier alpha value is -6.84. The highest BCUT2D eigenvalue weighted by Crippen LogP contribution is 2.41. The molecule has 0 amide bonds. The van der Waals surface area contributed by atoms with E-state index in [0.717, 1.165) is 22.7 Å². The van der Waals surface area contributed by atoms with Crippen molar-refractivity contribution in [2.24, 2.45) is 0 Å². The molecular weight excluding hydrogens is 715 g/mol. The maximum absolute atomic E-state index is 2.37. The highest BCUT2D eigenvalue weighted by Gasteiger charge is 2.18. The quantitative estimate of drug-likeness (QED) is 0.137. The van der Waals surface area contributed by atoms with Crippen molar-refractivity contribution >= 4 is 45.5 Å². The molecule has 8 rings (SSSR count). The first-order chi connectivity index (χ1) is 28.5. The van der Waals surface area contributed by atoms with Crippen molar-refractivity contribution in [1.29, 1.82) is 0 Å². The van der Waals surface area contributed by atoms with Gasteiger partial charge in [0.1, 0.15) is 0 Å². The highest BCUT2D eigenvalue weighted by molar-refractivity contribution is 5.83. The Labute approximate surface area is 351 Å². The molecule has 0 aromatic heterocycles. The van der Waals surface area contributed by atoms with Crippen LogP contribution in [-0.2, 0) is 0 Å². The summed E-state index contributed by atoms with van der Waals surface area (Å²) in [5.74, 6) is 0. The summed E-state index contributed by atoms with van der Waals surface area (Å²) in [7, 11) is 2.14. The fourth-order valence-corrected chi connectivity index (χ4v) is 8.27. The van der Waals surface area contributed by atoms with E-state index in [2.05, 4.69) is 246 Å². The number of benzene rings is 8. The predicted octanol–water partition coefficient (Wildman–Crippen LogP) is 15.9. The minimum atomic E-state index is 1.12. The molecule has 0 heterocycles. The zero-order valence-electron chi connectivity index (χ0n) is 35.6. The number of rotatable bonds is 10. The van der Waals surface area contributed by atoms with E-state index in [1.165, 1.54) is 83.9 Å². The number of anilines is 8. The molecule has 0 bridgehead atoms. The van der Waals surface area contributed by atoms with Crippen LogP contribution in [0.25, 0.3) is 22.3 Å². The smallest absolute Gasteiger partial charge is 0.0490 e. The van der Waals surface area contributed by atoms with Crippen molar-refractivity contribution in [2.75, 3.05) is 21.7 Å². The summed E-state index contributed by atoms with van der Waals surface area (Å²) in [6.07, 6.45) is 0. The van der Waals surface area contributed by atoms with Crippen LogP contribution in [0, 0.1) is 48.5 Å². The normalized spacial score (nSPS) is 11.1. The Morgan fingerprint density at radius 1 is 0.254 bits per heavy atom. The second kappa shape index (κ2) is 16.6. The minimum Gasteiger partial charge on any atom is -0.344 e. The van der Waals surface area contributed by atoms with Crippen LogP contribution in [0.1, 0.15) is 38.9 Å². The van der Waals surface area contributed by atoms with E-state index in [9.17, 15) is 0 Å². The molecule has 0 saturated carbocycles. The fraction of sp³-hybridized carbons (Fsp3) is 0.143. The molecule has 0 saturated heterocycles. The molecule has 0 N–H and O–H groups in total. The van der Waals surface area contributed by atoms with Crippen LogP contribution < -0.4 is 14.7 Å². The molecule has 0 aliphatic carbocycles. The van der Waals surface area contributed by atoms with E-state index in [1.54, 1.807) is 0 Å². The predicted molar refractivity (Wildman–Crippen MR) is 254 cm³/mol. The van der Waals surface area contributed by atoms with Crippen molar-refractivity contribution in [3.05, 3.63) is 215 Å². The molecule has 8 aromatic rings. The highest BCUT2D eigenvalue weighted by atomic mass is 15.1. The van der Waals surface area contributed by atoms with Crippen LogP contribution in [-0.4, -0.2) is 7.05 Å². The topological polar surface area (TPSA) is 9.72 Å². The maximum atomic E-state index is 2.37. The van der Waals surface area contributed by atoms with E-state index >= 15 is 0 Å². The fourth-order valence-electron chi connectivity index (χ4n) is 8.27. The summed E-state index contributed by atoms with van der Waals surface area (Å²) in [5.41, 5.74) is 22.8. The Morgan fingerprint density at radius 3 is 0.814 bits per heavy atom. The van der Waals surface area contributed by atoms with Gasteiger partial charge in [0, 0.05) is 52.5 Å². The van der Waals surface area contributed by atoms with Gasteiger partial charge in [0.05, 0.1) is 0 Å². The third-order valence-corrected chi connectivity index (χ3v) is 11.5. The van der Waals surface area contributed by atoms with Crippen molar-refractivity contribution in [3.8, 4) is 22.3 Å². The van der Waals surface area contributed by atoms with Crippen LogP contribution in [0.15, 0.2) is 176 Å². The van der Waals surface area contributed by atoms with E-state index in [-0.39, 0.29) is 0 Å². The Balaban J connectivity index is 1.07. The first kappa shape index (κ1) is 39.0. The zero-order valence-corrected chi connectivity index (χ0v) is 35.6. The van der Waals surface area contributed by atoms with Crippen molar-refractivity contribution in [2.45, 2.75) is 48.5 Å². The van der Waals surface area contributed by atoms with Gasteiger partial charge in [-0.1, -0.05) is 119 Å². The molecule has 0 spiro atoms. The largest absolute Gasteiger partial charge is 0.344 e. The first-order valence-corrected chi connectivity index (χ1v) is 20.6. The van der Waals surface area contributed by atoms with Crippen LogP contribution in [0.3, 0.4) is 0 Å². The lowest BCUT2D eigenvalue weighted by Gasteiger charge is -2.28. The number of nitrogens with zero attached hydrogens (tertiary/aromatic N) is 3. The monoisotopic (exact) mass is 767 g/mol. The Kier molecular flexibility index (Phi) is 10.9. The summed E-state index contributed by atoms with van der Waals surface area (Å²) in [6, 6.07) is 64.6. The van der Waals surface area contributed by atoms with Gasteiger partial charge < -0.3 is 14.7 Å². The molecule has 3 heteroatoms. The summed E-state index contributed by atoms with van der Waals surface area (Å²) in [5, 5.41) is 0. The summed E-state index contributed by atoms with van der Waals surface area (Å²) in [6.45, 7) is 15.2. The molecule has 0 radical (unpaired) electrons. The molecule has 3 nitrogen and oxygen atoms in total. The molecule has 8 aromatic carbocycles. The van der Waals surface area contributed by atoms with E-state index < -0.39 is 0 Å². The average molecular weight is 768 g/mol. The lowest BCUT2D eigenvalue weighted by atomic mass is 10.0. The molecule has 0 aliphatic rings. The van der Waals surface area contributed by atoms with Crippen LogP contribution in [0.2, 0.25) is 0 Å². The van der Waals surface area contributed by atoms with Gasteiger partial charge in [-0.3, -0.25) is 0 Å². The molecule has 0 unspecified atom stereocenters. The van der Waals surface area contributed by atoms with Crippen LogP contribution in [0.5, 0.6) is 0 Å². The number of hydrogen-bond acceptors (Lipinski definition) is 3. The van der Waals surface area contributed by atoms with Gasteiger partial charge in [-0.2, -0.15) is 0 Å². The Morgan fingerprint density at radius 2 is 0.508 bits per heavy atom. The first-order valence-electron chi connectivity index (χ1n) is 20.6. The third kappa shape index (κ3) is 8.29. The second-order valence-corrected chi connectivity index (χ2v) is 16.1. The maximum Gasteiger partial charge on any atom is 0.0490 e. The second-order valence-electron chi connectivity index (χ2n) is 16.1. The standard InChI is InChI=1S/C56H53N3/c1-38-9-22-50(23-10-38)58(55-33-12-40(3)36-43(55)6)51-26-18-47(19-27-51)48-20-30-53(31-21-48)59(56-34-13-41(4)37-44(56)7)52-28-16-46(17-29-52)45-14-24-49(25-15-45)57(8)54-32-11-39(2)35-42(54)5/h9-37H,1-8H3. The molecule has 292 valence electrons. The molecule has 59 heavy (non-hydrogen) atoms. The lowest BCUT2D eigenvalue weighted by molar-refractivity contribution is 1.18. The minimum absolute atomic E-state index is 1.12. The number of aryl methyl sites for hydroxylation is 7. The summed E-state index contributed by atoms with van der Waals surface area (Å²) < 4.78 is 0. The van der Waals surface area contributed by atoms with E-state index in [1.807, 2.05) is 0 Å². The van der Waals surface area contributed by atoms with Crippen LogP contribution in [0.4, 0.5) is 45.5 Å². The van der Waals surface area contributed by atoms with Crippen LogP contribution >= 0.6 is 0 Å². The lowest BCUT2D eigenvalue weighted by Crippen LogP contribution is -2.11. The van der Waals surface area contributed by atoms with Gasteiger partial charge in [0.25, 0.3) is 0 Å². The average Bonchev–Trinajstić information content (AvgIpc) is 3.24. The molecule has 0 fully saturated rings. The van der Waals surface area contributed by atoms with Gasteiger partial charge in [0.2, 0.25) is 0 Å². The van der Waals surface area contributed by atoms with Gasteiger partial charge in [-0.25, -0.2) is 0 Å². The molecular formula is C56H53N3.